The van der Waals surface area contributed by atoms with Crippen molar-refractivity contribution < 1.29 is 4.79 Å². The van der Waals surface area contributed by atoms with Crippen molar-refractivity contribution >= 4 is 11.9 Å². The number of rotatable bonds is 10. The molecule has 2 N–H and O–H groups in total. The van der Waals surface area contributed by atoms with E-state index in [0.717, 1.165) is 51.4 Å². The molecule has 0 radical (unpaired) electrons. The van der Waals surface area contributed by atoms with Gasteiger partial charge < -0.3 is 15.5 Å². The fourth-order valence-corrected chi connectivity index (χ4v) is 4.15. The molecule has 2 aromatic rings. The Morgan fingerprint density at radius 2 is 1.75 bits per heavy atom. The Morgan fingerprint density at radius 3 is 2.44 bits per heavy atom. The highest BCUT2D eigenvalue weighted by molar-refractivity contribution is 5.80. The Kier molecular flexibility index (Phi) is 9.14. The molecule has 0 aromatic heterocycles. The number of amides is 1. The van der Waals surface area contributed by atoms with Gasteiger partial charge in [-0.2, -0.15) is 0 Å². The van der Waals surface area contributed by atoms with Crippen LogP contribution in [0, 0.1) is 5.92 Å². The minimum atomic E-state index is 0.263. The summed E-state index contributed by atoms with van der Waals surface area (Å²) in [7, 11) is 1.80. The van der Waals surface area contributed by atoms with E-state index < -0.39 is 0 Å². The minimum absolute atomic E-state index is 0.263. The first-order chi connectivity index (χ1) is 15.5. The highest BCUT2D eigenvalue weighted by Gasteiger charge is 2.29. The summed E-state index contributed by atoms with van der Waals surface area (Å²) in [5, 5.41) is 6.81. The first-order valence-electron chi connectivity index (χ1n) is 11.9. The summed E-state index contributed by atoms with van der Waals surface area (Å²) in [4.78, 5) is 18.7. The number of aliphatic imine (C=N–C) groups is 1. The summed E-state index contributed by atoms with van der Waals surface area (Å²) in [6.45, 7) is 7.71. The molecule has 1 amide bonds. The quantitative estimate of drug-likeness (QED) is 0.338. The van der Waals surface area contributed by atoms with Crippen LogP contribution in [0.4, 0.5) is 0 Å². The van der Waals surface area contributed by atoms with Crippen LogP contribution in [0.2, 0.25) is 0 Å². The molecule has 5 heteroatoms. The van der Waals surface area contributed by atoms with Gasteiger partial charge in [0.15, 0.2) is 5.96 Å². The molecule has 1 fully saturated rings. The zero-order valence-corrected chi connectivity index (χ0v) is 19.8. The van der Waals surface area contributed by atoms with Crippen molar-refractivity contribution in [3.63, 3.8) is 0 Å². The number of likely N-dealkylation sites (tertiary alicyclic amines) is 1. The molecule has 2 aromatic carbocycles. The third kappa shape index (κ3) is 7.40. The van der Waals surface area contributed by atoms with Crippen LogP contribution in [0.3, 0.4) is 0 Å². The van der Waals surface area contributed by atoms with Crippen molar-refractivity contribution in [3.05, 3.63) is 71.3 Å². The lowest BCUT2D eigenvalue weighted by molar-refractivity contribution is -0.127. The summed E-state index contributed by atoms with van der Waals surface area (Å²) in [6.07, 6.45) is 3.63. The third-order valence-electron chi connectivity index (χ3n) is 6.17. The number of carbonyl (C=O) groups excluding carboxylic acids is 1. The van der Waals surface area contributed by atoms with Crippen LogP contribution in [0.5, 0.6) is 0 Å². The van der Waals surface area contributed by atoms with Crippen molar-refractivity contribution in [1.82, 2.24) is 15.5 Å². The number of nitrogens with one attached hydrogen (secondary N) is 2. The monoisotopic (exact) mass is 434 g/mol. The normalized spacial score (nSPS) is 16.6. The van der Waals surface area contributed by atoms with Crippen LogP contribution >= 0.6 is 0 Å². The molecule has 1 saturated heterocycles. The van der Waals surface area contributed by atoms with Crippen molar-refractivity contribution in [3.8, 4) is 0 Å². The molecule has 0 aliphatic carbocycles. The minimum Gasteiger partial charge on any atom is -0.356 e. The molecular weight excluding hydrogens is 396 g/mol. The Hall–Kier alpha value is -2.82. The van der Waals surface area contributed by atoms with Gasteiger partial charge >= 0.3 is 0 Å². The second-order valence-corrected chi connectivity index (χ2v) is 9.03. The molecule has 3 rings (SSSR count). The van der Waals surface area contributed by atoms with Gasteiger partial charge in [-0.15, -0.1) is 0 Å². The van der Waals surface area contributed by atoms with Gasteiger partial charge in [-0.3, -0.25) is 9.79 Å². The van der Waals surface area contributed by atoms with Crippen molar-refractivity contribution in [2.75, 3.05) is 33.2 Å². The predicted molar refractivity (Wildman–Crippen MR) is 133 cm³/mol. The molecular formula is C27H38N4O. The molecule has 32 heavy (non-hydrogen) atoms. The zero-order valence-electron chi connectivity index (χ0n) is 19.8. The number of benzene rings is 2. The number of aryl methyl sites for hydroxylation is 1. The third-order valence-corrected chi connectivity index (χ3v) is 6.17. The number of nitrogens with zero attached hydrogens (tertiary/aromatic N) is 2. The molecule has 1 aliphatic heterocycles. The summed E-state index contributed by atoms with van der Waals surface area (Å²) >= 11 is 0. The first-order valence-corrected chi connectivity index (χ1v) is 11.9. The van der Waals surface area contributed by atoms with Gasteiger partial charge in [0.05, 0.1) is 0 Å². The number of carbonyl (C=O) groups is 1. The SMILES string of the molecule is CN=C(NCCCc1ccc(C(C)C)cc1)NCC1CC(=O)N(CCc2ccccc2)C1. The number of guanidine groups is 1. The van der Waals surface area contributed by atoms with E-state index in [1.807, 2.05) is 11.0 Å². The van der Waals surface area contributed by atoms with E-state index in [2.05, 4.69) is 78.0 Å². The molecule has 0 saturated carbocycles. The highest BCUT2D eigenvalue weighted by Crippen LogP contribution is 2.18. The number of hydrogen-bond acceptors (Lipinski definition) is 2. The lowest BCUT2D eigenvalue weighted by Crippen LogP contribution is -2.40. The average molecular weight is 435 g/mol. The largest absolute Gasteiger partial charge is 0.356 e. The summed E-state index contributed by atoms with van der Waals surface area (Å²) < 4.78 is 0. The van der Waals surface area contributed by atoms with E-state index >= 15 is 0 Å². The number of hydrogen-bond donors (Lipinski definition) is 2. The fraction of sp³-hybridized carbons (Fsp3) is 0.481. The maximum Gasteiger partial charge on any atom is 0.223 e. The molecule has 172 valence electrons. The lowest BCUT2D eigenvalue weighted by Gasteiger charge is -2.18. The second kappa shape index (κ2) is 12.3. The maximum atomic E-state index is 12.4. The molecule has 0 bridgehead atoms. The molecule has 0 spiro atoms. The lowest BCUT2D eigenvalue weighted by atomic mass is 10.0. The van der Waals surface area contributed by atoms with Crippen LogP contribution in [0.25, 0.3) is 0 Å². The summed E-state index contributed by atoms with van der Waals surface area (Å²) in [5.74, 6) is 1.98. The van der Waals surface area contributed by atoms with Gasteiger partial charge in [-0.25, -0.2) is 0 Å². The maximum absolute atomic E-state index is 12.4. The smallest absolute Gasteiger partial charge is 0.223 e. The van der Waals surface area contributed by atoms with Crippen LogP contribution in [-0.2, 0) is 17.6 Å². The van der Waals surface area contributed by atoms with Crippen LogP contribution < -0.4 is 10.6 Å². The van der Waals surface area contributed by atoms with E-state index in [-0.39, 0.29) is 5.91 Å². The van der Waals surface area contributed by atoms with Crippen molar-refractivity contribution in [2.45, 2.75) is 45.4 Å². The predicted octanol–water partition coefficient (Wildman–Crippen LogP) is 4.00. The van der Waals surface area contributed by atoms with Gasteiger partial charge in [-0.05, 0) is 41.9 Å². The van der Waals surface area contributed by atoms with Crippen LogP contribution in [-0.4, -0.2) is 50.0 Å². The molecule has 1 aliphatic rings. The van der Waals surface area contributed by atoms with Gasteiger partial charge in [-0.1, -0.05) is 68.4 Å². The average Bonchev–Trinajstić information content (AvgIpc) is 3.17. The van der Waals surface area contributed by atoms with Crippen molar-refractivity contribution in [2.24, 2.45) is 10.9 Å². The second-order valence-electron chi connectivity index (χ2n) is 9.03. The van der Waals surface area contributed by atoms with Crippen molar-refractivity contribution in [1.29, 1.82) is 0 Å². The van der Waals surface area contributed by atoms with Gasteiger partial charge in [0.2, 0.25) is 5.91 Å². The summed E-state index contributed by atoms with van der Waals surface area (Å²) in [5.41, 5.74) is 4.04. The van der Waals surface area contributed by atoms with Gasteiger partial charge in [0.25, 0.3) is 0 Å². The fourth-order valence-electron chi connectivity index (χ4n) is 4.15. The van der Waals surface area contributed by atoms with E-state index in [1.165, 1.54) is 16.7 Å². The molecule has 1 unspecified atom stereocenters. The Labute approximate surface area is 193 Å². The highest BCUT2D eigenvalue weighted by atomic mass is 16.2. The van der Waals surface area contributed by atoms with Crippen LogP contribution in [0.15, 0.2) is 59.6 Å². The van der Waals surface area contributed by atoms with E-state index in [1.54, 1.807) is 7.05 Å². The first kappa shape index (κ1) is 23.8. The molecule has 1 heterocycles. The van der Waals surface area contributed by atoms with E-state index in [9.17, 15) is 4.79 Å². The zero-order chi connectivity index (χ0) is 22.8. The Morgan fingerprint density at radius 1 is 1.03 bits per heavy atom. The Bertz CT molecular complexity index is 861. The topological polar surface area (TPSA) is 56.7 Å². The molecule has 5 nitrogen and oxygen atoms in total. The van der Waals surface area contributed by atoms with E-state index in [0.29, 0.717) is 18.3 Å². The summed E-state index contributed by atoms with van der Waals surface area (Å²) in [6, 6.07) is 19.3. The standard InChI is InChI=1S/C27H38N4O/c1-21(2)25-13-11-23(12-14-25)10-7-16-29-27(28-3)30-19-24-18-26(32)31(20-24)17-15-22-8-5-4-6-9-22/h4-6,8-9,11-14,21,24H,7,10,15-20H2,1-3H3,(H2,28,29,30). The van der Waals surface area contributed by atoms with Crippen LogP contribution in [0.1, 0.15) is 49.3 Å². The van der Waals surface area contributed by atoms with Gasteiger partial charge in [0, 0.05) is 45.6 Å². The molecule has 1 atom stereocenters. The Balaban J connectivity index is 1.33. The van der Waals surface area contributed by atoms with E-state index in [4.69, 9.17) is 0 Å². The van der Waals surface area contributed by atoms with Gasteiger partial charge in [0.1, 0.15) is 0 Å².